The molecule has 0 radical (unpaired) electrons. The smallest absolute Gasteiger partial charge is 0.436 e. The Kier molecular flexibility index (Phi) is 8.51. The summed E-state index contributed by atoms with van der Waals surface area (Å²) in [5, 5.41) is 10.7. The summed E-state index contributed by atoms with van der Waals surface area (Å²) in [6.45, 7) is 8.80. The van der Waals surface area contributed by atoms with Crippen LogP contribution in [0.2, 0.25) is 0 Å². The van der Waals surface area contributed by atoms with E-state index in [0.29, 0.717) is 20.7 Å². The van der Waals surface area contributed by atoms with E-state index in [9.17, 15) is 14.4 Å². The lowest BCUT2D eigenvalue weighted by atomic mass is 9.94. The zero-order valence-corrected chi connectivity index (χ0v) is 24.4. The molecule has 1 aliphatic heterocycles. The van der Waals surface area contributed by atoms with Gasteiger partial charge in [-0.15, -0.1) is 16.4 Å². The number of anilines is 1. The molecule has 0 saturated carbocycles. The molecule has 10 heteroatoms. The molecule has 0 spiro atoms. The van der Waals surface area contributed by atoms with Crippen molar-refractivity contribution in [1.82, 2.24) is 20.0 Å². The Morgan fingerprint density at radius 3 is 2.37 bits per heavy atom. The largest absolute Gasteiger partial charge is 0.448 e. The fourth-order valence-electron chi connectivity index (χ4n) is 5.01. The van der Waals surface area contributed by atoms with E-state index < -0.39 is 11.6 Å². The topological polar surface area (TPSA) is 106 Å². The molecule has 1 aliphatic rings. The summed E-state index contributed by atoms with van der Waals surface area (Å²) in [6, 6.07) is 18.9. The number of thiophene rings is 1. The Hall–Kier alpha value is -4.02. The van der Waals surface area contributed by atoms with Crippen LogP contribution in [-0.4, -0.2) is 52.3 Å². The van der Waals surface area contributed by atoms with Crippen LogP contribution in [-0.2, 0) is 16.8 Å². The molecule has 2 N–H and O–H groups in total. The number of aromatic nitrogens is 2. The number of ether oxygens (including phenoxy) is 1. The molecule has 3 heterocycles. The number of fused-ring (bicyclic) bond motifs is 1. The second-order valence-electron chi connectivity index (χ2n) is 10.7. The van der Waals surface area contributed by atoms with Gasteiger partial charge in [-0.1, -0.05) is 48.9 Å². The number of amides is 2. The van der Waals surface area contributed by atoms with Gasteiger partial charge in [0.2, 0.25) is 0 Å². The maximum atomic E-state index is 13.3. The Balaban J connectivity index is 1.37. The molecule has 5 rings (SSSR count). The van der Waals surface area contributed by atoms with Crippen LogP contribution in [0.1, 0.15) is 71.2 Å². The second-order valence-corrected chi connectivity index (χ2v) is 11.8. The minimum absolute atomic E-state index is 0.162. The number of hydrogen-bond donors (Lipinski definition) is 2. The third-order valence-corrected chi connectivity index (χ3v) is 8.36. The predicted molar refractivity (Wildman–Crippen MR) is 160 cm³/mol. The Labute approximate surface area is 243 Å². The Morgan fingerprint density at radius 1 is 0.976 bits per heavy atom. The SMILES string of the molecule is CCOC(=O)n1nc(NC(=O)c2ccc(CN3CCCCC3)cc2)c2cc(C(=O)NC(C)(C)c3ccccc3)sc21. The molecule has 0 unspecified atom stereocenters. The first-order chi connectivity index (χ1) is 19.7. The van der Waals surface area contributed by atoms with Crippen molar-refractivity contribution >= 4 is 45.3 Å². The van der Waals surface area contributed by atoms with E-state index in [2.05, 4.69) is 20.6 Å². The molecule has 1 fully saturated rings. The van der Waals surface area contributed by atoms with Crippen molar-refractivity contribution in [3.8, 4) is 0 Å². The van der Waals surface area contributed by atoms with E-state index >= 15 is 0 Å². The van der Waals surface area contributed by atoms with Crippen LogP contribution in [0.3, 0.4) is 0 Å². The van der Waals surface area contributed by atoms with Crippen molar-refractivity contribution in [3.05, 3.63) is 82.2 Å². The number of hydrogen-bond acceptors (Lipinski definition) is 7. The highest BCUT2D eigenvalue weighted by molar-refractivity contribution is 7.20. The molecule has 2 amide bonds. The zero-order chi connectivity index (χ0) is 29.0. The summed E-state index contributed by atoms with van der Waals surface area (Å²) in [5.74, 6) is -0.461. The fraction of sp³-hybridized carbons (Fsp3) is 0.355. The van der Waals surface area contributed by atoms with Gasteiger partial charge in [0.05, 0.1) is 22.4 Å². The first-order valence-electron chi connectivity index (χ1n) is 14.0. The van der Waals surface area contributed by atoms with Gasteiger partial charge in [-0.3, -0.25) is 14.5 Å². The number of rotatable bonds is 8. The summed E-state index contributed by atoms with van der Waals surface area (Å²) in [5.41, 5.74) is 1.97. The van der Waals surface area contributed by atoms with E-state index in [0.717, 1.165) is 46.8 Å². The molecule has 2 aromatic carbocycles. The van der Waals surface area contributed by atoms with Crippen molar-refractivity contribution in [1.29, 1.82) is 0 Å². The number of carbonyl (C=O) groups is 3. The average Bonchev–Trinajstić information content (AvgIpc) is 3.55. The van der Waals surface area contributed by atoms with Gasteiger partial charge >= 0.3 is 6.09 Å². The van der Waals surface area contributed by atoms with E-state index in [-0.39, 0.29) is 24.2 Å². The summed E-state index contributed by atoms with van der Waals surface area (Å²) >= 11 is 1.12. The highest BCUT2D eigenvalue weighted by Gasteiger charge is 2.27. The summed E-state index contributed by atoms with van der Waals surface area (Å²) < 4.78 is 6.27. The summed E-state index contributed by atoms with van der Waals surface area (Å²) in [4.78, 5) is 42.4. The van der Waals surface area contributed by atoms with Gasteiger partial charge in [-0.05, 0) is 76.0 Å². The lowest BCUT2D eigenvalue weighted by Gasteiger charge is -2.26. The van der Waals surface area contributed by atoms with Gasteiger partial charge in [0.1, 0.15) is 4.83 Å². The lowest BCUT2D eigenvalue weighted by molar-refractivity contribution is 0.0915. The zero-order valence-electron chi connectivity index (χ0n) is 23.6. The quantitative estimate of drug-likeness (QED) is 0.268. The second kappa shape index (κ2) is 12.2. The first kappa shape index (κ1) is 28.5. The lowest BCUT2D eigenvalue weighted by Crippen LogP contribution is -2.40. The maximum Gasteiger partial charge on any atom is 0.436 e. The molecule has 9 nitrogen and oxygen atoms in total. The van der Waals surface area contributed by atoms with Gasteiger partial charge in [0.25, 0.3) is 11.8 Å². The van der Waals surface area contributed by atoms with Crippen LogP contribution < -0.4 is 10.6 Å². The fourth-order valence-corrected chi connectivity index (χ4v) is 6.01. The third kappa shape index (κ3) is 6.49. The van der Waals surface area contributed by atoms with Crippen LogP contribution in [0.5, 0.6) is 0 Å². The van der Waals surface area contributed by atoms with Crippen LogP contribution in [0.4, 0.5) is 10.6 Å². The minimum Gasteiger partial charge on any atom is -0.448 e. The van der Waals surface area contributed by atoms with Gasteiger partial charge < -0.3 is 15.4 Å². The molecule has 2 aromatic heterocycles. The number of likely N-dealkylation sites (tertiary alicyclic amines) is 1. The number of nitrogens with one attached hydrogen (secondary N) is 2. The van der Waals surface area contributed by atoms with Crippen molar-refractivity contribution in [2.45, 2.75) is 52.1 Å². The first-order valence-corrected chi connectivity index (χ1v) is 14.8. The molecule has 214 valence electrons. The Bertz CT molecular complexity index is 1540. The Morgan fingerprint density at radius 2 is 1.68 bits per heavy atom. The van der Waals surface area contributed by atoms with Crippen molar-refractivity contribution in [2.75, 3.05) is 25.0 Å². The van der Waals surface area contributed by atoms with Crippen LogP contribution in [0.15, 0.2) is 60.7 Å². The highest BCUT2D eigenvalue weighted by atomic mass is 32.1. The number of carbonyl (C=O) groups excluding carboxylic acids is 3. The number of nitrogens with zero attached hydrogens (tertiary/aromatic N) is 3. The van der Waals surface area contributed by atoms with Crippen molar-refractivity contribution < 1.29 is 19.1 Å². The maximum absolute atomic E-state index is 13.3. The molecule has 0 aliphatic carbocycles. The molecule has 0 atom stereocenters. The highest BCUT2D eigenvalue weighted by Crippen LogP contribution is 2.33. The van der Waals surface area contributed by atoms with E-state index in [1.165, 1.54) is 19.3 Å². The van der Waals surface area contributed by atoms with Crippen LogP contribution >= 0.6 is 11.3 Å². The predicted octanol–water partition coefficient (Wildman–Crippen LogP) is 6.01. The van der Waals surface area contributed by atoms with Crippen LogP contribution in [0, 0.1) is 0 Å². The van der Waals surface area contributed by atoms with E-state index in [1.54, 1.807) is 25.1 Å². The van der Waals surface area contributed by atoms with Gasteiger partial charge in [0, 0.05) is 12.1 Å². The molecule has 41 heavy (non-hydrogen) atoms. The number of benzene rings is 2. The molecule has 0 bridgehead atoms. The van der Waals surface area contributed by atoms with Crippen molar-refractivity contribution in [3.63, 3.8) is 0 Å². The molecule has 1 saturated heterocycles. The third-order valence-electron chi connectivity index (χ3n) is 7.25. The monoisotopic (exact) mass is 573 g/mol. The summed E-state index contributed by atoms with van der Waals surface area (Å²) in [7, 11) is 0. The standard InChI is InChI=1S/C31H35N5O4S/c1-4-40-30(39)36-29-24(19-25(41-29)28(38)33-31(2,3)23-11-7-5-8-12-23)26(34-36)32-27(37)22-15-13-21(14-16-22)20-35-17-9-6-10-18-35/h5,7-8,11-16,19H,4,6,9-10,17-18,20H2,1-3H3,(H,33,38)(H,32,34,37). The van der Waals surface area contributed by atoms with Gasteiger partial charge in [-0.2, -0.15) is 4.68 Å². The number of piperidine rings is 1. The summed E-state index contributed by atoms with van der Waals surface area (Å²) in [6.07, 6.45) is 3.06. The molecular formula is C31H35N5O4S. The normalized spacial score (nSPS) is 14.1. The average molecular weight is 574 g/mol. The van der Waals surface area contributed by atoms with E-state index in [4.69, 9.17) is 4.74 Å². The molecule has 4 aromatic rings. The molecular weight excluding hydrogens is 538 g/mol. The van der Waals surface area contributed by atoms with Gasteiger partial charge in [-0.25, -0.2) is 4.79 Å². The van der Waals surface area contributed by atoms with Crippen LogP contribution in [0.25, 0.3) is 10.2 Å². The minimum atomic E-state index is -0.682. The van der Waals surface area contributed by atoms with Crippen molar-refractivity contribution in [2.24, 2.45) is 0 Å². The van der Waals surface area contributed by atoms with Gasteiger partial charge in [0.15, 0.2) is 5.82 Å². The van der Waals surface area contributed by atoms with E-state index in [1.807, 2.05) is 56.3 Å².